The average molecular weight is 333 g/mol. The lowest BCUT2D eigenvalue weighted by Gasteiger charge is -2.36. The lowest BCUT2D eigenvalue weighted by molar-refractivity contribution is 0.194. The number of ether oxygens (including phenoxy) is 1. The molecule has 1 aromatic rings. The van der Waals surface area contributed by atoms with Crippen LogP contribution in [0.5, 0.6) is 5.75 Å². The van der Waals surface area contributed by atoms with E-state index in [9.17, 15) is 4.79 Å². The maximum absolute atomic E-state index is 12.1. The first-order valence-electron chi connectivity index (χ1n) is 9.00. The normalized spacial score (nSPS) is 15.1. The highest BCUT2D eigenvalue weighted by molar-refractivity contribution is 5.74. The van der Waals surface area contributed by atoms with E-state index < -0.39 is 0 Å². The number of hydrogen-bond donors (Lipinski definition) is 1. The number of carbonyl (C=O) groups excluding carboxylic acids is 1. The summed E-state index contributed by atoms with van der Waals surface area (Å²) in [5.41, 5.74) is 1.19. The lowest BCUT2D eigenvalue weighted by Crippen LogP contribution is -2.52. The molecule has 0 atom stereocenters. The molecule has 2 amide bonds. The van der Waals surface area contributed by atoms with Gasteiger partial charge in [0.2, 0.25) is 0 Å². The molecule has 0 spiro atoms. The summed E-state index contributed by atoms with van der Waals surface area (Å²) in [4.78, 5) is 16.4. The molecule has 1 aliphatic heterocycles. The fourth-order valence-electron chi connectivity index (χ4n) is 2.76. The van der Waals surface area contributed by atoms with Gasteiger partial charge in [-0.15, -0.1) is 0 Å². The number of piperazine rings is 1. The number of anilines is 1. The molecule has 0 aromatic heterocycles. The second-order valence-corrected chi connectivity index (χ2v) is 7.05. The Labute approximate surface area is 146 Å². The van der Waals surface area contributed by atoms with Crippen molar-refractivity contribution < 1.29 is 9.53 Å². The summed E-state index contributed by atoms with van der Waals surface area (Å²) in [6, 6.07) is 8.28. The van der Waals surface area contributed by atoms with E-state index in [0.717, 1.165) is 44.9 Å². The van der Waals surface area contributed by atoms with Gasteiger partial charge in [-0.1, -0.05) is 13.8 Å². The maximum atomic E-state index is 12.1. The van der Waals surface area contributed by atoms with Crippen LogP contribution in [0.25, 0.3) is 0 Å². The third-order valence-electron chi connectivity index (χ3n) is 4.14. The van der Waals surface area contributed by atoms with Crippen LogP contribution in [-0.2, 0) is 0 Å². The van der Waals surface area contributed by atoms with Crippen molar-refractivity contribution in [2.45, 2.75) is 40.2 Å². The first kappa shape index (κ1) is 18.4. The summed E-state index contributed by atoms with van der Waals surface area (Å²) >= 11 is 0. The Morgan fingerprint density at radius 1 is 1.08 bits per heavy atom. The van der Waals surface area contributed by atoms with Crippen LogP contribution in [0.1, 0.15) is 34.1 Å². The van der Waals surface area contributed by atoms with E-state index in [0.29, 0.717) is 5.92 Å². The number of nitrogens with one attached hydrogen (secondary N) is 1. The molecule has 2 rings (SSSR count). The van der Waals surface area contributed by atoms with Crippen molar-refractivity contribution in [3.63, 3.8) is 0 Å². The zero-order valence-corrected chi connectivity index (χ0v) is 15.4. The molecule has 0 aliphatic carbocycles. The van der Waals surface area contributed by atoms with Crippen molar-refractivity contribution in [2.75, 3.05) is 37.6 Å². The van der Waals surface area contributed by atoms with Crippen molar-refractivity contribution in [2.24, 2.45) is 5.92 Å². The van der Waals surface area contributed by atoms with Crippen molar-refractivity contribution >= 4 is 11.7 Å². The van der Waals surface area contributed by atoms with Gasteiger partial charge in [0.15, 0.2) is 0 Å². The van der Waals surface area contributed by atoms with E-state index in [2.05, 4.69) is 36.2 Å². The number of urea groups is 1. The molecule has 1 saturated heterocycles. The molecule has 1 aliphatic rings. The number of amides is 2. The van der Waals surface area contributed by atoms with Gasteiger partial charge in [0.1, 0.15) is 5.75 Å². The minimum Gasteiger partial charge on any atom is -0.491 e. The zero-order valence-electron chi connectivity index (χ0n) is 15.4. The molecule has 0 saturated carbocycles. The number of nitrogens with zero attached hydrogens (tertiary/aromatic N) is 2. The van der Waals surface area contributed by atoms with Crippen molar-refractivity contribution in [3.8, 4) is 5.75 Å². The number of hydrogen-bond acceptors (Lipinski definition) is 3. The van der Waals surface area contributed by atoms with E-state index in [-0.39, 0.29) is 12.1 Å². The van der Waals surface area contributed by atoms with Crippen LogP contribution >= 0.6 is 0 Å². The molecule has 0 radical (unpaired) electrons. The monoisotopic (exact) mass is 333 g/mol. The topological polar surface area (TPSA) is 44.8 Å². The molecule has 1 fully saturated rings. The van der Waals surface area contributed by atoms with Gasteiger partial charge in [0.25, 0.3) is 0 Å². The van der Waals surface area contributed by atoms with Gasteiger partial charge in [0.05, 0.1) is 6.10 Å². The molecule has 0 unspecified atom stereocenters. The third-order valence-corrected chi connectivity index (χ3v) is 4.14. The molecule has 0 bridgehead atoms. The Kier molecular flexibility index (Phi) is 6.76. The minimum absolute atomic E-state index is 0.0657. The summed E-state index contributed by atoms with van der Waals surface area (Å²) in [6.07, 6.45) is 1.21. The van der Waals surface area contributed by atoms with E-state index >= 15 is 0 Å². The van der Waals surface area contributed by atoms with E-state index in [1.54, 1.807) is 0 Å². The molecule has 5 nitrogen and oxygen atoms in total. The second-order valence-electron chi connectivity index (χ2n) is 7.05. The largest absolute Gasteiger partial charge is 0.491 e. The smallest absolute Gasteiger partial charge is 0.317 e. The maximum Gasteiger partial charge on any atom is 0.317 e. The highest BCUT2D eigenvalue weighted by Crippen LogP contribution is 2.21. The molecule has 5 heteroatoms. The van der Waals surface area contributed by atoms with E-state index in [1.165, 1.54) is 5.69 Å². The van der Waals surface area contributed by atoms with E-state index in [1.807, 2.05) is 30.9 Å². The Morgan fingerprint density at radius 3 is 2.25 bits per heavy atom. The summed E-state index contributed by atoms with van der Waals surface area (Å²) in [5.74, 6) is 1.52. The molecular weight excluding hydrogens is 302 g/mol. The Morgan fingerprint density at radius 2 is 1.71 bits per heavy atom. The molecule has 1 heterocycles. The first-order valence-corrected chi connectivity index (χ1v) is 9.00. The van der Waals surface area contributed by atoms with Crippen LogP contribution < -0.4 is 15.0 Å². The zero-order chi connectivity index (χ0) is 17.5. The quantitative estimate of drug-likeness (QED) is 0.868. The number of carbonyl (C=O) groups is 1. The second kappa shape index (κ2) is 8.81. The van der Waals surface area contributed by atoms with Crippen molar-refractivity contribution in [1.82, 2.24) is 10.2 Å². The van der Waals surface area contributed by atoms with E-state index in [4.69, 9.17) is 4.74 Å². The number of benzene rings is 1. The summed E-state index contributed by atoms with van der Waals surface area (Å²) in [6.45, 7) is 12.4. The van der Waals surface area contributed by atoms with Crippen LogP contribution in [0, 0.1) is 5.92 Å². The average Bonchev–Trinajstić information content (AvgIpc) is 2.55. The lowest BCUT2D eigenvalue weighted by atomic mass is 10.1. The first-order chi connectivity index (χ1) is 11.5. The Balaban J connectivity index is 1.78. The van der Waals surface area contributed by atoms with Crippen LogP contribution in [0.3, 0.4) is 0 Å². The highest BCUT2D eigenvalue weighted by Gasteiger charge is 2.21. The molecule has 24 heavy (non-hydrogen) atoms. The Bertz CT molecular complexity index is 506. The molecular formula is C19H31N3O2. The predicted molar refractivity (Wildman–Crippen MR) is 98.8 cm³/mol. The van der Waals surface area contributed by atoms with Crippen LogP contribution in [0.2, 0.25) is 0 Å². The third kappa shape index (κ3) is 5.62. The van der Waals surface area contributed by atoms with Crippen LogP contribution in [0.4, 0.5) is 10.5 Å². The molecule has 134 valence electrons. The van der Waals surface area contributed by atoms with Gasteiger partial charge in [0, 0.05) is 38.4 Å². The fraction of sp³-hybridized carbons (Fsp3) is 0.632. The van der Waals surface area contributed by atoms with Gasteiger partial charge < -0.3 is 19.9 Å². The SMILES string of the molecule is CC(C)CCNC(=O)N1CCN(c2ccc(OC(C)C)cc2)CC1. The summed E-state index contributed by atoms with van der Waals surface area (Å²) in [5, 5.41) is 3.02. The fourth-order valence-corrected chi connectivity index (χ4v) is 2.76. The van der Waals surface area contributed by atoms with Gasteiger partial charge in [-0.25, -0.2) is 4.79 Å². The molecule has 1 N–H and O–H groups in total. The number of rotatable bonds is 6. The van der Waals surface area contributed by atoms with Crippen molar-refractivity contribution in [1.29, 1.82) is 0 Å². The Hall–Kier alpha value is -1.91. The minimum atomic E-state index is 0.0657. The standard InChI is InChI=1S/C19H31N3O2/c1-15(2)9-10-20-19(23)22-13-11-21(12-14-22)17-5-7-18(8-6-17)24-16(3)4/h5-8,15-16H,9-14H2,1-4H3,(H,20,23). The van der Waals surface area contributed by atoms with Gasteiger partial charge >= 0.3 is 6.03 Å². The highest BCUT2D eigenvalue weighted by atomic mass is 16.5. The van der Waals surface area contributed by atoms with Crippen molar-refractivity contribution in [3.05, 3.63) is 24.3 Å². The molecule has 1 aromatic carbocycles. The van der Waals surface area contributed by atoms with Gasteiger partial charge in [-0.2, -0.15) is 0 Å². The predicted octanol–water partition coefficient (Wildman–Crippen LogP) is 3.35. The van der Waals surface area contributed by atoms with Gasteiger partial charge in [-0.3, -0.25) is 0 Å². The van der Waals surface area contributed by atoms with Gasteiger partial charge in [-0.05, 0) is 50.5 Å². The summed E-state index contributed by atoms with van der Waals surface area (Å²) in [7, 11) is 0. The summed E-state index contributed by atoms with van der Waals surface area (Å²) < 4.78 is 5.68. The van der Waals surface area contributed by atoms with Crippen LogP contribution in [0.15, 0.2) is 24.3 Å². The van der Waals surface area contributed by atoms with Crippen LogP contribution in [-0.4, -0.2) is 49.8 Å².